The Labute approximate surface area is 119 Å². The van der Waals surface area contributed by atoms with Crippen LogP contribution >= 0.6 is 0 Å². The van der Waals surface area contributed by atoms with Crippen LogP contribution in [0.1, 0.15) is 0 Å². The third-order valence-corrected chi connectivity index (χ3v) is 2.54. The molecule has 2 aromatic carbocycles. The van der Waals surface area contributed by atoms with Crippen LogP contribution < -0.4 is 9.47 Å². The van der Waals surface area contributed by atoms with Crippen LogP contribution in [-0.2, 0) is 0 Å². The van der Waals surface area contributed by atoms with Gasteiger partial charge in [-0.25, -0.2) is 0 Å². The van der Waals surface area contributed by atoms with Crippen LogP contribution in [0, 0.1) is 10.1 Å². The fraction of sp³-hybridized carbons (Fsp3) is 0.0769. The number of azide groups is 1. The number of nitro benzene ring substituents is 1. The standard InChI is InChI=1S/C13H10N4O4/c1-20-11-2-4-12(5-3-11)21-13-7-9(15-16-14)6-10(8-13)17(18)19/h2-8H,1H3. The quantitative estimate of drug-likeness (QED) is 0.267. The predicted octanol–water partition coefficient (Wildman–Crippen LogP) is 4.34. The topological polar surface area (TPSA) is 110 Å². The highest BCUT2D eigenvalue weighted by Gasteiger charge is 2.10. The summed E-state index contributed by atoms with van der Waals surface area (Å²) in [5.74, 6) is 1.34. The van der Waals surface area contributed by atoms with Gasteiger partial charge in [0.2, 0.25) is 0 Å². The van der Waals surface area contributed by atoms with E-state index in [4.69, 9.17) is 15.0 Å². The molecule has 8 nitrogen and oxygen atoms in total. The van der Waals surface area contributed by atoms with Gasteiger partial charge in [-0.3, -0.25) is 10.1 Å². The Bertz CT molecular complexity index is 688. The number of ether oxygens (including phenoxy) is 2. The summed E-state index contributed by atoms with van der Waals surface area (Å²) in [4.78, 5) is 12.9. The van der Waals surface area contributed by atoms with Crippen molar-refractivity contribution >= 4 is 11.4 Å². The second kappa shape index (κ2) is 6.27. The molecule has 0 N–H and O–H groups in total. The Balaban J connectivity index is 2.33. The van der Waals surface area contributed by atoms with Gasteiger partial charge in [0.15, 0.2) is 0 Å². The molecule has 8 heteroatoms. The lowest BCUT2D eigenvalue weighted by molar-refractivity contribution is -0.384. The molecule has 0 aliphatic carbocycles. The molecule has 0 amide bonds. The summed E-state index contributed by atoms with van der Waals surface area (Å²) < 4.78 is 10.5. The molecule has 2 aromatic rings. The van der Waals surface area contributed by atoms with Crippen LogP contribution in [0.25, 0.3) is 10.4 Å². The van der Waals surface area contributed by atoms with Crippen LogP contribution in [0.2, 0.25) is 0 Å². The summed E-state index contributed by atoms with van der Waals surface area (Å²) in [6.07, 6.45) is 0. The van der Waals surface area contributed by atoms with Crippen LogP contribution in [0.3, 0.4) is 0 Å². The minimum Gasteiger partial charge on any atom is -0.497 e. The molecule has 0 atom stereocenters. The zero-order chi connectivity index (χ0) is 15.2. The number of nitro groups is 1. The number of benzene rings is 2. The maximum Gasteiger partial charge on any atom is 0.273 e. The molecule has 21 heavy (non-hydrogen) atoms. The molecule has 106 valence electrons. The molecular formula is C13H10N4O4. The van der Waals surface area contributed by atoms with E-state index in [0.29, 0.717) is 11.5 Å². The van der Waals surface area contributed by atoms with Gasteiger partial charge >= 0.3 is 0 Å². The van der Waals surface area contributed by atoms with Gasteiger partial charge in [-0.2, -0.15) is 0 Å². The highest BCUT2D eigenvalue weighted by atomic mass is 16.6. The number of hydrogen-bond donors (Lipinski definition) is 0. The van der Waals surface area contributed by atoms with E-state index < -0.39 is 4.92 Å². The van der Waals surface area contributed by atoms with Crippen molar-refractivity contribution in [1.82, 2.24) is 0 Å². The number of non-ortho nitro benzene ring substituents is 1. The highest BCUT2D eigenvalue weighted by molar-refractivity contribution is 5.53. The smallest absolute Gasteiger partial charge is 0.273 e. The highest BCUT2D eigenvalue weighted by Crippen LogP contribution is 2.31. The SMILES string of the molecule is COc1ccc(Oc2cc(N=[N+]=[N-])cc([N+](=O)[O-])c2)cc1. The minimum atomic E-state index is -0.586. The molecule has 0 aromatic heterocycles. The molecule has 0 aliphatic heterocycles. The normalized spacial score (nSPS) is 9.57. The third-order valence-electron chi connectivity index (χ3n) is 2.54. The van der Waals surface area contributed by atoms with Crippen LogP contribution in [0.4, 0.5) is 11.4 Å². The summed E-state index contributed by atoms with van der Waals surface area (Å²) in [7, 11) is 1.54. The number of hydrogen-bond acceptors (Lipinski definition) is 5. The molecule has 0 unspecified atom stereocenters. The van der Waals surface area contributed by atoms with Crippen molar-refractivity contribution in [3.63, 3.8) is 0 Å². The average molecular weight is 286 g/mol. The maximum absolute atomic E-state index is 10.8. The first kappa shape index (κ1) is 14.2. The van der Waals surface area contributed by atoms with E-state index in [0.717, 1.165) is 0 Å². The number of nitrogens with zero attached hydrogens (tertiary/aromatic N) is 4. The molecule has 0 radical (unpaired) electrons. The lowest BCUT2D eigenvalue weighted by Gasteiger charge is -2.07. The molecule has 0 spiro atoms. The van der Waals surface area contributed by atoms with E-state index in [2.05, 4.69) is 10.0 Å². The van der Waals surface area contributed by atoms with E-state index in [9.17, 15) is 10.1 Å². The fourth-order valence-electron chi connectivity index (χ4n) is 1.62. The van der Waals surface area contributed by atoms with Crippen molar-refractivity contribution in [1.29, 1.82) is 0 Å². The summed E-state index contributed by atoms with van der Waals surface area (Å²) in [6.45, 7) is 0. The zero-order valence-corrected chi connectivity index (χ0v) is 11.0. The lowest BCUT2D eigenvalue weighted by Crippen LogP contribution is -1.90. The van der Waals surface area contributed by atoms with Crippen LogP contribution in [-0.4, -0.2) is 12.0 Å². The van der Waals surface area contributed by atoms with Gasteiger partial charge in [0.1, 0.15) is 17.2 Å². The summed E-state index contributed by atoms with van der Waals surface area (Å²) in [5.41, 5.74) is 8.31. The van der Waals surface area contributed by atoms with Gasteiger partial charge in [0.05, 0.1) is 18.1 Å². The molecule has 0 saturated carbocycles. The Morgan fingerprint density at radius 2 is 1.81 bits per heavy atom. The summed E-state index contributed by atoms with van der Waals surface area (Å²) >= 11 is 0. The zero-order valence-electron chi connectivity index (χ0n) is 11.0. The van der Waals surface area contributed by atoms with Gasteiger partial charge in [-0.1, -0.05) is 5.11 Å². The predicted molar refractivity (Wildman–Crippen MR) is 75.0 cm³/mol. The second-order valence-electron chi connectivity index (χ2n) is 3.91. The number of methoxy groups -OCH3 is 1. The van der Waals surface area contributed by atoms with E-state index in [1.54, 1.807) is 31.4 Å². The molecule has 0 aliphatic rings. The lowest BCUT2D eigenvalue weighted by atomic mass is 10.2. The Hall–Kier alpha value is -3.25. The van der Waals surface area contributed by atoms with Gasteiger partial charge < -0.3 is 9.47 Å². The average Bonchev–Trinajstić information content (AvgIpc) is 2.48. The summed E-state index contributed by atoms with van der Waals surface area (Å²) in [5, 5.41) is 14.2. The first-order valence-corrected chi connectivity index (χ1v) is 5.79. The van der Waals surface area contributed by atoms with Gasteiger partial charge in [0.25, 0.3) is 5.69 Å². The van der Waals surface area contributed by atoms with Crippen molar-refractivity contribution in [2.75, 3.05) is 7.11 Å². The van der Waals surface area contributed by atoms with Crippen LogP contribution in [0.15, 0.2) is 47.6 Å². The van der Waals surface area contributed by atoms with Gasteiger partial charge in [0, 0.05) is 16.7 Å². The fourth-order valence-corrected chi connectivity index (χ4v) is 1.62. The Morgan fingerprint density at radius 1 is 1.14 bits per heavy atom. The molecule has 0 saturated heterocycles. The first-order chi connectivity index (χ1) is 10.1. The van der Waals surface area contributed by atoms with Crippen molar-refractivity contribution in [2.45, 2.75) is 0 Å². The van der Waals surface area contributed by atoms with Gasteiger partial charge in [-0.15, -0.1) is 0 Å². The summed E-state index contributed by atoms with van der Waals surface area (Å²) in [6, 6.07) is 10.5. The second-order valence-corrected chi connectivity index (χ2v) is 3.91. The van der Waals surface area contributed by atoms with Gasteiger partial charge in [-0.05, 0) is 35.9 Å². The van der Waals surface area contributed by atoms with Crippen molar-refractivity contribution in [3.8, 4) is 17.2 Å². The molecular weight excluding hydrogens is 276 g/mol. The van der Waals surface area contributed by atoms with Crippen LogP contribution in [0.5, 0.6) is 17.2 Å². The minimum absolute atomic E-state index is 0.107. The molecule has 2 rings (SSSR count). The molecule has 0 fully saturated rings. The van der Waals surface area contributed by atoms with E-state index in [1.807, 2.05) is 0 Å². The van der Waals surface area contributed by atoms with Crippen molar-refractivity contribution in [2.24, 2.45) is 5.11 Å². The van der Waals surface area contributed by atoms with Crippen molar-refractivity contribution < 1.29 is 14.4 Å². The van der Waals surface area contributed by atoms with E-state index >= 15 is 0 Å². The van der Waals surface area contributed by atoms with Crippen molar-refractivity contribution in [3.05, 3.63) is 63.0 Å². The maximum atomic E-state index is 10.8. The molecule has 0 bridgehead atoms. The number of rotatable bonds is 5. The monoisotopic (exact) mass is 286 g/mol. The Kier molecular flexibility index (Phi) is 4.23. The Morgan fingerprint density at radius 3 is 2.38 bits per heavy atom. The first-order valence-electron chi connectivity index (χ1n) is 5.79. The largest absolute Gasteiger partial charge is 0.497 e. The van der Waals surface area contributed by atoms with E-state index in [-0.39, 0.29) is 17.1 Å². The third kappa shape index (κ3) is 3.62. The molecule has 0 heterocycles. The van der Waals surface area contributed by atoms with E-state index in [1.165, 1.54) is 18.2 Å².